The van der Waals surface area contributed by atoms with Crippen LogP contribution in [0.5, 0.6) is 0 Å². The van der Waals surface area contributed by atoms with Crippen molar-refractivity contribution in [1.29, 1.82) is 0 Å². The number of esters is 2. The van der Waals surface area contributed by atoms with Gasteiger partial charge in [-0.15, -0.1) is 0 Å². The van der Waals surface area contributed by atoms with Gasteiger partial charge in [-0.3, -0.25) is 19.2 Å². The van der Waals surface area contributed by atoms with Crippen LogP contribution in [0.15, 0.2) is 23.0 Å². The number of carbonyl (C=O) groups is 4. The maximum Gasteiger partial charge on any atom is 0.313 e. The predicted molar refractivity (Wildman–Crippen MR) is 98.9 cm³/mol. The maximum absolute atomic E-state index is 13.5. The van der Waals surface area contributed by atoms with Crippen LogP contribution in [0.2, 0.25) is 0 Å². The van der Waals surface area contributed by atoms with Crippen molar-refractivity contribution in [2.45, 2.75) is 51.2 Å². The van der Waals surface area contributed by atoms with E-state index >= 15 is 0 Å². The summed E-state index contributed by atoms with van der Waals surface area (Å²) < 4.78 is 22.0. The molecule has 3 heterocycles. The van der Waals surface area contributed by atoms with Gasteiger partial charge < -0.3 is 18.6 Å². The Morgan fingerprint density at radius 1 is 1.27 bits per heavy atom. The summed E-state index contributed by atoms with van der Waals surface area (Å²) in [7, 11) is 0. The normalized spacial score (nSPS) is 42.3. The van der Waals surface area contributed by atoms with Crippen LogP contribution >= 0.6 is 0 Å². The Morgan fingerprint density at radius 2 is 2.03 bits per heavy atom. The summed E-state index contributed by atoms with van der Waals surface area (Å²) in [6.07, 6.45) is 3.66. The highest BCUT2D eigenvalue weighted by Gasteiger charge is 2.80. The summed E-state index contributed by atoms with van der Waals surface area (Å²) >= 11 is 0. The summed E-state index contributed by atoms with van der Waals surface area (Å²) in [4.78, 5) is 51.5. The highest BCUT2D eigenvalue weighted by atomic mass is 16.6. The lowest BCUT2D eigenvalue weighted by Crippen LogP contribution is -2.68. The van der Waals surface area contributed by atoms with Gasteiger partial charge in [-0.2, -0.15) is 0 Å². The molecule has 2 saturated heterocycles. The lowest BCUT2D eigenvalue weighted by atomic mass is 9.43. The average Bonchev–Trinajstić information content (AvgIpc) is 3.16. The fourth-order valence-electron chi connectivity index (χ4n) is 6.36. The molecule has 0 radical (unpaired) electrons. The van der Waals surface area contributed by atoms with Crippen molar-refractivity contribution in [1.82, 2.24) is 0 Å². The van der Waals surface area contributed by atoms with E-state index < -0.39 is 34.4 Å². The fourth-order valence-corrected chi connectivity index (χ4v) is 6.36. The Balaban J connectivity index is 1.63. The molecule has 4 fully saturated rings. The largest absolute Gasteiger partial charge is 0.472 e. The Labute approximate surface area is 173 Å². The number of ether oxygens (including phenoxy) is 3. The topological polar surface area (TPSA) is 112 Å². The summed E-state index contributed by atoms with van der Waals surface area (Å²) in [6.45, 7) is 3.01. The minimum Gasteiger partial charge on any atom is -0.472 e. The van der Waals surface area contributed by atoms with Crippen LogP contribution in [0.3, 0.4) is 0 Å². The monoisotopic (exact) mass is 416 g/mol. The number of ketones is 2. The van der Waals surface area contributed by atoms with Crippen LogP contribution in [-0.2, 0) is 33.4 Å². The molecule has 1 aromatic heterocycles. The van der Waals surface area contributed by atoms with Crippen LogP contribution in [-0.4, -0.2) is 42.3 Å². The third-order valence-electron chi connectivity index (χ3n) is 7.92. The summed E-state index contributed by atoms with van der Waals surface area (Å²) in [6, 6.07) is 1.76. The third kappa shape index (κ3) is 2.25. The second-order valence-corrected chi connectivity index (χ2v) is 9.11. The van der Waals surface area contributed by atoms with E-state index in [2.05, 4.69) is 0 Å². The van der Waals surface area contributed by atoms with E-state index in [0.29, 0.717) is 12.8 Å². The number of hydrogen-bond donors (Lipinski definition) is 0. The first-order valence-corrected chi connectivity index (χ1v) is 10.3. The van der Waals surface area contributed by atoms with Crippen LogP contribution in [0.25, 0.3) is 0 Å². The van der Waals surface area contributed by atoms with Crippen molar-refractivity contribution in [2.24, 2.45) is 22.7 Å². The molecule has 8 heteroatoms. The van der Waals surface area contributed by atoms with Gasteiger partial charge in [0.25, 0.3) is 0 Å². The number of hydrogen-bond acceptors (Lipinski definition) is 8. The quantitative estimate of drug-likeness (QED) is 0.544. The summed E-state index contributed by atoms with van der Waals surface area (Å²) in [5, 5.41) is 0. The maximum atomic E-state index is 13.5. The minimum atomic E-state index is -1.36. The average molecular weight is 416 g/mol. The first kappa shape index (κ1) is 19.5. The molecule has 160 valence electrons. The highest BCUT2D eigenvalue weighted by molar-refractivity contribution is 6.03. The van der Waals surface area contributed by atoms with E-state index in [1.807, 2.05) is 6.92 Å². The molecule has 0 N–H and O–H groups in total. The van der Waals surface area contributed by atoms with E-state index in [0.717, 1.165) is 5.56 Å². The van der Waals surface area contributed by atoms with Gasteiger partial charge in [-0.25, -0.2) is 0 Å². The Hall–Kier alpha value is -2.48. The van der Waals surface area contributed by atoms with Gasteiger partial charge >= 0.3 is 11.9 Å². The summed E-state index contributed by atoms with van der Waals surface area (Å²) in [5.41, 5.74) is -2.86. The molecular formula is C22H24O8. The number of fused-ring (bicyclic) bond motifs is 3. The molecule has 6 unspecified atom stereocenters. The van der Waals surface area contributed by atoms with Crippen LogP contribution in [0.1, 0.15) is 51.2 Å². The van der Waals surface area contributed by atoms with E-state index in [4.69, 9.17) is 18.6 Å². The molecular weight excluding hydrogens is 392 g/mol. The SMILES string of the molecule is CC(=O)OCC12C(=O)CC(C)C3(CC(c4ccoc4)OC3=O)C1CCC(=O)C21CO1. The molecule has 2 saturated carbocycles. The molecule has 0 bridgehead atoms. The van der Waals surface area contributed by atoms with Gasteiger partial charge in [-0.05, 0) is 24.3 Å². The van der Waals surface area contributed by atoms with Gasteiger partial charge in [0.2, 0.25) is 0 Å². The zero-order chi connectivity index (χ0) is 21.3. The second kappa shape index (κ2) is 6.26. The highest BCUT2D eigenvalue weighted by Crippen LogP contribution is 2.69. The molecule has 0 amide bonds. The standard InChI is InChI=1S/C22H24O8/c1-12-7-18(25)21(10-28-13(2)23)16(3-4-17(24)22(21)11-29-22)20(12)8-15(30-19(20)26)14-5-6-27-9-14/h5-6,9,12,15-16H,3-4,7-8,10-11H2,1-2H3. The van der Waals surface area contributed by atoms with E-state index in [1.54, 1.807) is 12.3 Å². The van der Waals surface area contributed by atoms with Crippen molar-refractivity contribution in [3.8, 4) is 0 Å². The van der Waals surface area contributed by atoms with Crippen LogP contribution in [0.4, 0.5) is 0 Å². The smallest absolute Gasteiger partial charge is 0.313 e. The van der Waals surface area contributed by atoms with Crippen molar-refractivity contribution in [3.63, 3.8) is 0 Å². The molecule has 1 aromatic rings. The van der Waals surface area contributed by atoms with Gasteiger partial charge in [0, 0.05) is 31.7 Å². The number of rotatable bonds is 3. The minimum absolute atomic E-state index is 0.101. The zero-order valence-electron chi connectivity index (χ0n) is 17.0. The van der Waals surface area contributed by atoms with E-state index in [9.17, 15) is 19.2 Å². The van der Waals surface area contributed by atoms with E-state index in [-0.39, 0.29) is 49.5 Å². The molecule has 30 heavy (non-hydrogen) atoms. The van der Waals surface area contributed by atoms with Gasteiger partial charge in [0.15, 0.2) is 11.4 Å². The van der Waals surface area contributed by atoms with Gasteiger partial charge in [-0.1, -0.05) is 6.92 Å². The van der Waals surface area contributed by atoms with Crippen molar-refractivity contribution in [2.75, 3.05) is 13.2 Å². The molecule has 6 atom stereocenters. The Bertz CT molecular complexity index is 929. The van der Waals surface area contributed by atoms with Gasteiger partial charge in [0.05, 0.1) is 24.5 Å². The molecule has 4 aliphatic rings. The molecule has 2 aliphatic carbocycles. The summed E-state index contributed by atoms with van der Waals surface area (Å²) in [5.74, 6) is -2.00. The molecule has 5 rings (SSSR count). The van der Waals surface area contributed by atoms with Crippen LogP contribution < -0.4 is 0 Å². The number of Topliss-reactive ketones (excluding diaryl/α,β-unsaturated/α-hetero) is 2. The first-order chi connectivity index (χ1) is 14.3. The lowest BCUT2D eigenvalue weighted by Gasteiger charge is -2.56. The zero-order valence-corrected chi connectivity index (χ0v) is 17.0. The number of cyclic esters (lactones) is 1. The van der Waals surface area contributed by atoms with E-state index in [1.165, 1.54) is 13.2 Å². The first-order valence-electron chi connectivity index (χ1n) is 10.3. The fraction of sp³-hybridized carbons (Fsp3) is 0.636. The Kier molecular flexibility index (Phi) is 4.07. The van der Waals surface area contributed by atoms with Crippen molar-refractivity contribution < 1.29 is 37.8 Å². The molecule has 8 nitrogen and oxygen atoms in total. The van der Waals surface area contributed by atoms with Crippen molar-refractivity contribution >= 4 is 23.5 Å². The predicted octanol–water partition coefficient (Wildman–Crippen LogP) is 2.16. The third-order valence-corrected chi connectivity index (χ3v) is 7.92. The van der Waals surface area contributed by atoms with Gasteiger partial charge in [0.1, 0.15) is 23.9 Å². The number of carbonyl (C=O) groups excluding carboxylic acids is 4. The second-order valence-electron chi connectivity index (χ2n) is 9.11. The van der Waals surface area contributed by atoms with Crippen molar-refractivity contribution in [3.05, 3.63) is 24.2 Å². The lowest BCUT2D eigenvalue weighted by molar-refractivity contribution is -0.190. The number of epoxide rings is 1. The Morgan fingerprint density at radius 3 is 2.67 bits per heavy atom. The molecule has 0 aromatic carbocycles. The number of furan rings is 1. The molecule has 2 aliphatic heterocycles. The van der Waals surface area contributed by atoms with Crippen LogP contribution in [0, 0.1) is 22.7 Å². The molecule has 2 spiro atoms.